The van der Waals surface area contributed by atoms with E-state index in [-0.39, 0.29) is 12.1 Å². The molecule has 272 valence electrons. The highest BCUT2D eigenvalue weighted by molar-refractivity contribution is 5.88. The summed E-state index contributed by atoms with van der Waals surface area (Å²) in [6.45, 7) is 0. The fourth-order valence-corrected chi connectivity index (χ4v) is 10.5. The van der Waals surface area contributed by atoms with Crippen LogP contribution in [0, 0.1) is 5.92 Å². The first kappa shape index (κ1) is 33.2. The average Bonchev–Trinajstić information content (AvgIpc) is 3.80. The fraction of sp³-hybridized carbons (Fsp3) is 0.185. The number of hydrogen-bond donors (Lipinski definition) is 0. The van der Waals surface area contributed by atoms with Gasteiger partial charge < -0.3 is 9.80 Å². The summed E-state index contributed by atoms with van der Waals surface area (Å²) in [5, 5.41) is 0. The molecule has 7 aliphatic rings. The van der Waals surface area contributed by atoms with Crippen molar-refractivity contribution in [3.8, 4) is 0 Å². The maximum Gasteiger partial charge on any atom is 0.0626 e. The third-order valence-corrected chi connectivity index (χ3v) is 13.0. The molecule has 0 saturated carbocycles. The SMILES string of the molecule is C1=CC2C3=C(CCC(c4cccc5c4N(C4=CC(c6ccccc6)=CCC4)C4C=CC=CC54)=C3)N(C3=CC(c4ccccc4)=CC(c4ccccc4)C3)C2C=C1. The summed E-state index contributed by atoms with van der Waals surface area (Å²) in [6.07, 6.45) is 36.5. The Balaban J connectivity index is 1.01. The molecule has 0 spiro atoms. The second-order valence-electron chi connectivity index (χ2n) is 16.2. The molecule has 2 heteroatoms. The van der Waals surface area contributed by atoms with Crippen molar-refractivity contribution in [2.75, 3.05) is 4.90 Å². The van der Waals surface area contributed by atoms with Crippen molar-refractivity contribution in [3.05, 3.63) is 239 Å². The van der Waals surface area contributed by atoms with Crippen LogP contribution >= 0.6 is 0 Å². The Morgan fingerprint density at radius 3 is 1.95 bits per heavy atom. The normalized spacial score (nSPS) is 25.8. The van der Waals surface area contributed by atoms with Crippen molar-refractivity contribution >= 4 is 22.4 Å². The summed E-state index contributed by atoms with van der Waals surface area (Å²) in [4.78, 5) is 5.46. The zero-order chi connectivity index (χ0) is 37.0. The maximum absolute atomic E-state index is 2.75. The fourth-order valence-electron chi connectivity index (χ4n) is 10.5. The Hall–Kier alpha value is -6.12. The first-order chi connectivity index (χ1) is 27.8. The lowest BCUT2D eigenvalue weighted by atomic mass is 9.83. The molecule has 2 aliphatic heterocycles. The van der Waals surface area contributed by atoms with Crippen molar-refractivity contribution in [2.45, 2.75) is 56.0 Å². The molecule has 2 heterocycles. The molecule has 0 N–H and O–H groups in total. The Kier molecular flexibility index (Phi) is 8.23. The molecule has 0 aromatic heterocycles. The van der Waals surface area contributed by atoms with E-state index in [1.807, 2.05) is 0 Å². The van der Waals surface area contributed by atoms with E-state index in [0.717, 1.165) is 32.1 Å². The molecule has 56 heavy (non-hydrogen) atoms. The van der Waals surface area contributed by atoms with E-state index >= 15 is 0 Å². The first-order valence-electron chi connectivity index (χ1n) is 20.6. The molecule has 0 bridgehead atoms. The predicted molar refractivity (Wildman–Crippen MR) is 233 cm³/mol. The van der Waals surface area contributed by atoms with Crippen LogP contribution < -0.4 is 4.90 Å². The van der Waals surface area contributed by atoms with Crippen LogP contribution in [-0.2, 0) is 0 Å². The van der Waals surface area contributed by atoms with Crippen molar-refractivity contribution in [3.63, 3.8) is 0 Å². The van der Waals surface area contributed by atoms with Gasteiger partial charge in [0.1, 0.15) is 0 Å². The summed E-state index contributed by atoms with van der Waals surface area (Å²) in [5.41, 5.74) is 18.2. The summed E-state index contributed by atoms with van der Waals surface area (Å²) < 4.78 is 0. The van der Waals surface area contributed by atoms with Crippen LogP contribution in [0.3, 0.4) is 0 Å². The minimum atomic E-state index is 0.283. The van der Waals surface area contributed by atoms with Crippen molar-refractivity contribution in [2.24, 2.45) is 5.92 Å². The Morgan fingerprint density at radius 2 is 1.18 bits per heavy atom. The van der Waals surface area contributed by atoms with Gasteiger partial charge in [0.15, 0.2) is 0 Å². The predicted octanol–water partition coefficient (Wildman–Crippen LogP) is 12.9. The minimum absolute atomic E-state index is 0.283. The van der Waals surface area contributed by atoms with E-state index in [9.17, 15) is 0 Å². The zero-order valence-corrected chi connectivity index (χ0v) is 31.7. The highest BCUT2D eigenvalue weighted by Gasteiger charge is 2.44. The van der Waals surface area contributed by atoms with Gasteiger partial charge in [0.25, 0.3) is 0 Å². The first-order valence-corrected chi connectivity index (χ1v) is 20.6. The van der Waals surface area contributed by atoms with Gasteiger partial charge in [-0.3, -0.25) is 0 Å². The van der Waals surface area contributed by atoms with Gasteiger partial charge in [0.2, 0.25) is 0 Å². The number of benzene rings is 4. The van der Waals surface area contributed by atoms with Crippen LogP contribution in [0.1, 0.15) is 71.8 Å². The van der Waals surface area contributed by atoms with Gasteiger partial charge in [-0.05, 0) is 88.8 Å². The Bertz CT molecular complexity index is 2520. The lowest BCUT2D eigenvalue weighted by Crippen LogP contribution is -2.33. The Labute approximate surface area is 331 Å². The number of anilines is 1. The molecule has 5 aliphatic carbocycles. The summed E-state index contributed by atoms with van der Waals surface area (Å²) >= 11 is 0. The quantitative estimate of drug-likeness (QED) is 0.195. The van der Waals surface area contributed by atoms with E-state index in [2.05, 4.69) is 198 Å². The standard InChI is InChI=1S/C54H46N2/c1-4-16-37(17-5-1)40-22-14-23-44(33-40)56-52-29-13-10-24-47(52)49-27-15-26-46(54(49)56)41-30-31-53-50(36-41)48-25-11-12-28-51(48)55(53)45-34-42(38-18-6-2-7-19-38)32-43(35-45)39-20-8-3-9-21-39/h1-13,15-22,24-29,32-34,36,43,47-48,51-52H,14,23,30-31,35H2. The number of rotatable bonds is 6. The van der Waals surface area contributed by atoms with Crippen molar-refractivity contribution in [1.82, 2.24) is 4.90 Å². The average molecular weight is 723 g/mol. The number of allylic oxidation sites excluding steroid dienone is 15. The summed E-state index contributed by atoms with van der Waals surface area (Å²) in [5.74, 6) is 0.998. The third-order valence-electron chi connectivity index (χ3n) is 13.0. The summed E-state index contributed by atoms with van der Waals surface area (Å²) in [6, 6.07) is 40.7. The second kappa shape index (κ2) is 13.9. The van der Waals surface area contributed by atoms with E-state index < -0.39 is 0 Å². The topological polar surface area (TPSA) is 6.48 Å². The lowest BCUT2D eigenvalue weighted by molar-refractivity contribution is 0.340. The number of hydrogen-bond acceptors (Lipinski definition) is 2. The minimum Gasteiger partial charge on any atom is -0.341 e. The number of nitrogens with zero attached hydrogens (tertiary/aromatic N) is 2. The largest absolute Gasteiger partial charge is 0.341 e. The van der Waals surface area contributed by atoms with E-state index in [1.165, 1.54) is 72.9 Å². The van der Waals surface area contributed by atoms with Gasteiger partial charge in [0, 0.05) is 40.4 Å². The molecule has 0 amide bonds. The highest BCUT2D eigenvalue weighted by atomic mass is 15.2. The Morgan fingerprint density at radius 1 is 0.518 bits per heavy atom. The van der Waals surface area contributed by atoms with E-state index in [1.54, 1.807) is 0 Å². The van der Waals surface area contributed by atoms with Gasteiger partial charge in [-0.2, -0.15) is 0 Å². The molecule has 5 unspecified atom stereocenters. The number of fused-ring (bicyclic) bond motifs is 5. The molecular weight excluding hydrogens is 677 g/mol. The lowest BCUT2D eigenvalue weighted by Gasteiger charge is -2.36. The molecule has 4 aromatic carbocycles. The molecule has 2 nitrogen and oxygen atoms in total. The summed E-state index contributed by atoms with van der Waals surface area (Å²) in [7, 11) is 0. The molecule has 4 aromatic rings. The van der Waals surface area contributed by atoms with Crippen LogP contribution in [0.2, 0.25) is 0 Å². The van der Waals surface area contributed by atoms with Gasteiger partial charge >= 0.3 is 0 Å². The van der Waals surface area contributed by atoms with Crippen LogP contribution in [-0.4, -0.2) is 17.0 Å². The molecule has 0 radical (unpaired) electrons. The third kappa shape index (κ3) is 5.62. The maximum atomic E-state index is 2.75. The second-order valence-corrected chi connectivity index (χ2v) is 16.2. The smallest absolute Gasteiger partial charge is 0.0626 e. The number of para-hydroxylation sites is 1. The van der Waals surface area contributed by atoms with E-state index in [0.29, 0.717) is 17.8 Å². The molecule has 0 saturated heterocycles. The van der Waals surface area contributed by atoms with Gasteiger partial charge in [0.05, 0.1) is 17.8 Å². The van der Waals surface area contributed by atoms with Crippen LogP contribution in [0.4, 0.5) is 5.69 Å². The van der Waals surface area contributed by atoms with Gasteiger partial charge in [-0.1, -0.05) is 176 Å². The van der Waals surface area contributed by atoms with Crippen molar-refractivity contribution in [1.29, 1.82) is 0 Å². The van der Waals surface area contributed by atoms with Crippen LogP contribution in [0.15, 0.2) is 211 Å². The van der Waals surface area contributed by atoms with Crippen LogP contribution in [0.25, 0.3) is 16.7 Å². The highest BCUT2D eigenvalue weighted by Crippen LogP contribution is 2.54. The van der Waals surface area contributed by atoms with Crippen molar-refractivity contribution < 1.29 is 0 Å². The van der Waals surface area contributed by atoms with Crippen LogP contribution in [0.5, 0.6) is 0 Å². The van der Waals surface area contributed by atoms with E-state index in [4.69, 9.17) is 0 Å². The molecule has 5 atom stereocenters. The zero-order valence-electron chi connectivity index (χ0n) is 31.7. The van der Waals surface area contributed by atoms with Gasteiger partial charge in [-0.25, -0.2) is 0 Å². The monoisotopic (exact) mass is 722 g/mol. The molecule has 0 fully saturated rings. The molecule has 11 rings (SSSR count). The molecular formula is C54H46N2. The van der Waals surface area contributed by atoms with Gasteiger partial charge in [-0.15, -0.1) is 0 Å².